The molecule has 0 aliphatic carbocycles. The lowest BCUT2D eigenvalue weighted by molar-refractivity contribution is -0.139. The van der Waals surface area contributed by atoms with Gasteiger partial charge in [-0.3, -0.25) is 4.79 Å². The highest BCUT2D eigenvalue weighted by atomic mass is 16.5. The van der Waals surface area contributed by atoms with Crippen LogP contribution >= 0.6 is 0 Å². The summed E-state index contributed by atoms with van der Waals surface area (Å²) >= 11 is 0. The lowest BCUT2D eigenvalue weighted by atomic mass is 9.78. The van der Waals surface area contributed by atoms with Crippen molar-refractivity contribution in [3.8, 4) is 5.75 Å². The summed E-state index contributed by atoms with van der Waals surface area (Å²) in [4.78, 5) is 11.1. The number of aromatic hydroxyl groups is 1. The molecule has 1 rings (SSSR count). The molecule has 3 nitrogen and oxygen atoms in total. The number of methoxy groups -OCH3 is 1. The van der Waals surface area contributed by atoms with E-state index >= 15 is 0 Å². The maximum Gasteiger partial charge on any atom is 0.309 e. The first-order chi connectivity index (χ1) is 10.5. The van der Waals surface area contributed by atoms with Crippen molar-refractivity contribution in [2.24, 2.45) is 0 Å². The number of hydrogen-bond donors (Lipinski definition) is 1. The van der Waals surface area contributed by atoms with E-state index < -0.39 is 0 Å². The molecule has 0 bridgehead atoms. The molecule has 0 saturated heterocycles. The van der Waals surface area contributed by atoms with Crippen molar-refractivity contribution in [1.29, 1.82) is 0 Å². The molecule has 0 unspecified atom stereocenters. The number of carbonyl (C=O) groups is 1. The van der Waals surface area contributed by atoms with Crippen molar-refractivity contribution < 1.29 is 14.6 Å². The van der Waals surface area contributed by atoms with Crippen LogP contribution in [0.1, 0.15) is 64.7 Å². The van der Waals surface area contributed by atoms with E-state index in [9.17, 15) is 9.90 Å². The van der Waals surface area contributed by atoms with Gasteiger partial charge in [0.15, 0.2) is 0 Å². The zero-order chi connectivity index (χ0) is 17.8. The number of benzene rings is 1. The molecule has 0 atom stereocenters. The van der Waals surface area contributed by atoms with Gasteiger partial charge < -0.3 is 9.84 Å². The SMILES string of the molecule is COC(=O)CC=CCc1cc(C(C)(C)C)c(O)c(C(C)(C)C)c1. The monoisotopic (exact) mass is 318 g/mol. The van der Waals surface area contributed by atoms with Crippen LogP contribution in [0.15, 0.2) is 24.3 Å². The quantitative estimate of drug-likeness (QED) is 0.649. The van der Waals surface area contributed by atoms with Gasteiger partial charge in [-0.25, -0.2) is 0 Å². The zero-order valence-electron chi connectivity index (χ0n) is 15.5. The third kappa shape index (κ3) is 5.42. The maximum atomic E-state index is 11.1. The Labute approximate surface area is 140 Å². The van der Waals surface area contributed by atoms with Gasteiger partial charge >= 0.3 is 5.97 Å². The summed E-state index contributed by atoms with van der Waals surface area (Å²) in [6.45, 7) is 12.6. The molecule has 0 aliphatic heterocycles. The Balaban J connectivity index is 3.16. The average molecular weight is 318 g/mol. The van der Waals surface area contributed by atoms with Gasteiger partial charge in [-0.1, -0.05) is 65.8 Å². The number of carbonyl (C=O) groups excluding carboxylic acids is 1. The van der Waals surface area contributed by atoms with Crippen molar-refractivity contribution in [3.63, 3.8) is 0 Å². The minimum absolute atomic E-state index is 0.129. The van der Waals surface area contributed by atoms with E-state index in [4.69, 9.17) is 0 Å². The van der Waals surface area contributed by atoms with Crippen molar-refractivity contribution in [2.45, 2.75) is 65.2 Å². The van der Waals surface area contributed by atoms with Gasteiger partial charge in [0, 0.05) is 0 Å². The van der Waals surface area contributed by atoms with E-state index in [-0.39, 0.29) is 23.2 Å². The lowest BCUT2D eigenvalue weighted by Crippen LogP contribution is -2.17. The van der Waals surface area contributed by atoms with Gasteiger partial charge in [-0.05, 0) is 33.9 Å². The smallest absolute Gasteiger partial charge is 0.309 e. The lowest BCUT2D eigenvalue weighted by Gasteiger charge is -2.28. The Morgan fingerprint density at radius 1 is 1.04 bits per heavy atom. The summed E-state index contributed by atoms with van der Waals surface area (Å²) in [5.41, 5.74) is 2.80. The van der Waals surface area contributed by atoms with Gasteiger partial charge in [-0.2, -0.15) is 0 Å². The van der Waals surface area contributed by atoms with Crippen LogP contribution in [0.4, 0.5) is 0 Å². The van der Waals surface area contributed by atoms with Gasteiger partial charge in [0.1, 0.15) is 5.75 Å². The highest BCUT2D eigenvalue weighted by Gasteiger charge is 2.26. The van der Waals surface area contributed by atoms with E-state index in [0.717, 1.165) is 23.1 Å². The number of esters is 1. The summed E-state index contributed by atoms with van der Waals surface area (Å²) < 4.78 is 4.62. The minimum Gasteiger partial charge on any atom is -0.507 e. The average Bonchev–Trinajstić information content (AvgIpc) is 2.41. The second-order valence-electron chi connectivity index (χ2n) is 8.00. The predicted molar refractivity (Wildman–Crippen MR) is 95.0 cm³/mol. The normalized spacial score (nSPS) is 12.7. The first-order valence-corrected chi connectivity index (χ1v) is 8.05. The van der Waals surface area contributed by atoms with Crippen LogP contribution in [-0.2, 0) is 26.8 Å². The van der Waals surface area contributed by atoms with E-state index in [0.29, 0.717) is 5.75 Å². The Morgan fingerprint density at radius 2 is 1.52 bits per heavy atom. The molecule has 1 aromatic rings. The molecule has 3 heteroatoms. The van der Waals surface area contributed by atoms with E-state index in [1.165, 1.54) is 7.11 Å². The van der Waals surface area contributed by atoms with Crippen LogP contribution in [0, 0.1) is 0 Å². The van der Waals surface area contributed by atoms with Crippen LogP contribution in [-0.4, -0.2) is 18.2 Å². The van der Waals surface area contributed by atoms with E-state index in [1.807, 2.05) is 12.2 Å². The second kappa shape index (κ2) is 7.20. The van der Waals surface area contributed by atoms with Crippen LogP contribution in [0.5, 0.6) is 5.75 Å². The molecule has 23 heavy (non-hydrogen) atoms. The van der Waals surface area contributed by atoms with Crippen molar-refractivity contribution in [3.05, 3.63) is 41.0 Å². The third-order valence-corrected chi connectivity index (χ3v) is 3.82. The number of allylic oxidation sites excluding steroid dienone is 1. The molecule has 1 aromatic carbocycles. The molecule has 0 amide bonds. The molecule has 0 spiro atoms. The number of rotatable bonds is 4. The van der Waals surface area contributed by atoms with Crippen molar-refractivity contribution >= 4 is 5.97 Å². The number of ether oxygens (including phenoxy) is 1. The zero-order valence-corrected chi connectivity index (χ0v) is 15.5. The fraction of sp³-hybridized carbons (Fsp3) is 0.550. The Kier molecular flexibility index (Phi) is 6.04. The predicted octanol–water partition coefficient (Wildman–Crippen LogP) is 4.65. The molecular weight excluding hydrogens is 288 g/mol. The topological polar surface area (TPSA) is 46.5 Å². The maximum absolute atomic E-state index is 11.1. The fourth-order valence-corrected chi connectivity index (χ4v) is 2.44. The molecule has 0 heterocycles. The van der Waals surface area contributed by atoms with Crippen LogP contribution < -0.4 is 0 Å². The molecule has 0 radical (unpaired) electrons. The summed E-state index contributed by atoms with van der Waals surface area (Å²) in [6, 6.07) is 4.13. The summed E-state index contributed by atoms with van der Waals surface area (Å²) in [6.07, 6.45) is 4.81. The van der Waals surface area contributed by atoms with E-state index in [2.05, 4.69) is 58.4 Å². The number of phenols is 1. The molecule has 0 aromatic heterocycles. The molecule has 1 N–H and O–H groups in total. The van der Waals surface area contributed by atoms with E-state index in [1.54, 1.807) is 0 Å². The highest BCUT2D eigenvalue weighted by Crippen LogP contribution is 2.39. The Morgan fingerprint density at radius 3 is 1.91 bits per heavy atom. The van der Waals surface area contributed by atoms with Gasteiger partial charge in [0.25, 0.3) is 0 Å². The highest BCUT2D eigenvalue weighted by molar-refractivity contribution is 5.70. The summed E-state index contributed by atoms with van der Waals surface area (Å²) in [5.74, 6) is 0.157. The standard InChI is InChI=1S/C20H30O3/c1-19(2,3)15-12-14(10-8-9-11-17(21)23-7)13-16(18(15)22)20(4,5)6/h8-9,12-13,22H,10-11H2,1-7H3. The fourth-order valence-electron chi connectivity index (χ4n) is 2.44. The molecular formula is C20H30O3. The first kappa shape index (κ1) is 19.3. The molecule has 128 valence electrons. The third-order valence-electron chi connectivity index (χ3n) is 3.82. The number of hydrogen-bond acceptors (Lipinski definition) is 3. The Bertz CT molecular complexity index is 549. The van der Waals surface area contributed by atoms with Crippen LogP contribution in [0.2, 0.25) is 0 Å². The molecule has 0 aliphatic rings. The van der Waals surface area contributed by atoms with Gasteiger partial charge in [-0.15, -0.1) is 0 Å². The van der Waals surface area contributed by atoms with Gasteiger partial charge in [0.05, 0.1) is 13.5 Å². The first-order valence-electron chi connectivity index (χ1n) is 8.05. The molecule has 0 saturated carbocycles. The second-order valence-corrected chi connectivity index (χ2v) is 8.00. The van der Waals surface area contributed by atoms with Crippen molar-refractivity contribution in [2.75, 3.05) is 7.11 Å². The number of phenolic OH excluding ortho intramolecular Hbond substituents is 1. The minimum atomic E-state index is -0.238. The van der Waals surface area contributed by atoms with Crippen LogP contribution in [0.25, 0.3) is 0 Å². The molecule has 0 fully saturated rings. The largest absolute Gasteiger partial charge is 0.507 e. The summed E-state index contributed by atoms with van der Waals surface area (Å²) in [7, 11) is 1.39. The van der Waals surface area contributed by atoms with Crippen molar-refractivity contribution in [1.82, 2.24) is 0 Å². The summed E-state index contributed by atoms with van der Waals surface area (Å²) in [5, 5.41) is 10.7. The Hall–Kier alpha value is -1.77. The van der Waals surface area contributed by atoms with Gasteiger partial charge in [0.2, 0.25) is 0 Å². The van der Waals surface area contributed by atoms with Crippen LogP contribution in [0.3, 0.4) is 0 Å².